The van der Waals surface area contributed by atoms with E-state index < -0.39 is 5.97 Å². The zero-order valence-corrected chi connectivity index (χ0v) is 10.8. The molecule has 0 bridgehead atoms. The van der Waals surface area contributed by atoms with Gasteiger partial charge in [-0.05, 0) is 19.1 Å². The van der Waals surface area contributed by atoms with Crippen molar-refractivity contribution in [3.05, 3.63) is 41.7 Å². The van der Waals surface area contributed by atoms with E-state index in [2.05, 4.69) is 10.4 Å². The molecule has 0 spiro atoms. The van der Waals surface area contributed by atoms with Gasteiger partial charge < -0.3 is 16.2 Å². The van der Waals surface area contributed by atoms with E-state index in [1.54, 1.807) is 12.1 Å². The lowest BCUT2D eigenvalue weighted by Gasteiger charge is -2.06. The number of nitrogens with zero attached hydrogens (tertiary/aromatic N) is 2. The van der Waals surface area contributed by atoms with Gasteiger partial charge in [0.15, 0.2) is 0 Å². The lowest BCUT2D eigenvalue weighted by atomic mass is 10.1. The molecule has 2 aromatic rings. The smallest absolute Gasteiger partial charge is 0.325 e. The first kappa shape index (κ1) is 13.6. The van der Waals surface area contributed by atoms with E-state index in [-0.39, 0.29) is 12.5 Å². The summed E-state index contributed by atoms with van der Waals surface area (Å²) in [4.78, 5) is 22.6. The molecule has 0 saturated heterocycles. The Bertz CT molecular complexity index is 663. The van der Waals surface area contributed by atoms with Crippen LogP contribution in [0.2, 0.25) is 0 Å². The van der Waals surface area contributed by atoms with Gasteiger partial charge in [0, 0.05) is 11.9 Å². The number of hydrogen-bond acceptors (Lipinski definition) is 4. The number of benzene rings is 1. The molecule has 1 heterocycles. The molecule has 20 heavy (non-hydrogen) atoms. The number of anilines is 2. The number of carboxylic acids is 1. The summed E-state index contributed by atoms with van der Waals surface area (Å²) in [6.07, 6.45) is 2.82. The van der Waals surface area contributed by atoms with Crippen molar-refractivity contribution in [2.45, 2.75) is 13.5 Å². The van der Waals surface area contributed by atoms with Crippen LogP contribution in [0.1, 0.15) is 15.9 Å². The maximum absolute atomic E-state index is 12.1. The number of amides is 1. The third-order valence-corrected chi connectivity index (χ3v) is 2.64. The van der Waals surface area contributed by atoms with Crippen LogP contribution in [0.15, 0.2) is 30.6 Å². The highest BCUT2D eigenvalue weighted by Crippen LogP contribution is 2.16. The van der Waals surface area contributed by atoms with E-state index >= 15 is 0 Å². The van der Waals surface area contributed by atoms with E-state index in [0.717, 1.165) is 5.56 Å². The quantitative estimate of drug-likeness (QED) is 0.723. The fraction of sp³-hybridized carbons (Fsp3) is 0.154. The first-order valence-electron chi connectivity index (χ1n) is 5.87. The topological polar surface area (TPSA) is 110 Å². The van der Waals surface area contributed by atoms with Gasteiger partial charge in [-0.3, -0.25) is 14.3 Å². The van der Waals surface area contributed by atoms with Gasteiger partial charge in [0.1, 0.15) is 6.54 Å². The number of aromatic nitrogens is 2. The minimum Gasteiger partial charge on any atom is -0.480 e. The van der Waals surface area contributed by atoms with Crippen LogP contribution in [0.5, 0.6) is 0 Å². The molecule has 0 atom stereocenters. The normalized spacial score (nSPS) is 10.2. The number of carbonyl (C=O) groups is 2. The van der Waals surface area contributed by atoms with Crippen LogP contribution >= 0.6 is 0 Å². The second kappa shape index (κ2) is 5.43. The van der Waals surface area contributed by atoms with Gasteiger partial charge in [0.2, 0.25) is 0 Å². The minimum absolute atomic E-state index is 0.261. The fourth-order valence-corrected chi connectivity index (χ4v) is 1.72. The molecule has 0 aliphatic heterocycles. The van der Waals surface area contributed by atoms with Crippen molar-refractivity contribution in [1.82, 2.24) is 9.78 Å². The Morgan fingerprint density at radius 1 is 1.45 bits per heavy atom. The molecule has 0 radical (unpaired) electrons. The molecule has 2 rings (SSSR count). The summed E-state index contributed by atoms with van der Waals surface area (Å²) in [5.74, 6) is -1.37. The lowest BCUT2D eigenvalue weighted by Crippen LogP contribution is -2.14. The zero-order chi connectivity index (χ0) is 14.7. The van der Waals surface area contributed by atoms with Crippen LogP contribution in [-0.4, -0.2) is 26.8 Å². The predicted octanol–water partition coefficient (Wildman–Crippen LogP) is 1.11. The van der Waals surface area contributed by atoms with Gasteiger partial charge in [-0.15, -0.1) is 0 Å². The SMILES string of the molecule is Cc1ccc(N)c(C(=O)Nc2cnn(CC(=O)O)c2)c1. The van der Waals surface area contributed by atoms with Crippen LogP contribution in [-0.2, 0) is 11.3 Å². The Kier molecular flexibility index (Phi) is 3.69. The summed E-state index contributed by atoms with van der Waals surface area (Å²) < 4.78 is 1.22. The summed E-state index contributed by atoms with van der Waals surface area (Å²) in [6, 6.07) is 5.17. The molecule has 1 aromatic heterocycles. The number of rotatable bonds is 4. The van der Waals surface area contributed by atoms with E-state index in [9.17, 15) is 9.59 Å². The molecular formula is C13H14N4O3. The largest absolute Gasteiger partial charge is 0.480 e. The average molecular weight is 274 g/mol. The van der Waals surface area contributed by atoms with Gasteiger partial charge in [0.05, 0.1) is 17.4 Å². The third kappa shape index (κ3) is 3.14. The average Bonchev–Trinajstić information content (AvgIpc) is 2.78. The second-order valence-electron chi connectivity index (χ2n) is 4.37. The van der Waals surface area contributed by atoms with Crippen molar-refractivity contribution in [3.63, 3.8) is 0 Å². The van der Waals surface area contributed by atoms with Crippen molar-refractivity contribution in [2.75, 3.05) is 11.1 Å². The molecule has 0 aliphatic rings. The summed E-state index contributed by atoms with van der Waals surface area (Å²) in [7, 11) is 0. The lowest BCUT2D eigenvalue weighted by molar-refractivity contribution is -0.137. The predicted molar refractivity (Wildman–Crippen MR) is 73.4 cm³/mol. The molecule has 104 valence electrons. The number of nitrogens with one attached hydrogen (secondary N) is 1. The van der Waals surface area contributed by atoms with Crippen molar-refractivity contribution < 1.29 is 14.7 Å². The Hall–Kier alpha value is -2.83. The first-order valence-corrected chi connectivity index (χ1v) is 5.87. The van der Waals surface area contributed by atoms with E-state index in [1.807, 2.05) is 13.0 Å². The van der Waals surface area contributed by atoms with Gasteiger partial charge >= 0.3 is 5.97 Å². The Morgan fingerprint density at radius 3 is 2.90 bits per heavy atom. The summed E-state index contributed by atoms with van der Waals surface area (Å²) >= 11 is 0. The highest BCUT2D eigenvalue weighted by Gasteiger charge is 2.11. The molecule has 7 nitrogen and oxygen atoms in total. The molecule has 0 saturated carbocycles. The van der Waals surface area contributed by atoms with Crippen molar-refractivity contribution in [3.8, 4) is 0 Å². The van der Waals surface area contributed by atoms with Gasteiger partial charge in [-0.25, -0.2) is 0 Å². The molecular weight excluding hydrogens is 260 g/mol. The van der Waals surface area contributed by atoms with Gasteiger partial charge in [0.25, 0.3) is 5.91 Å². The van der Waals surface area contributed by atoms with E-state index in [1.165, 1.54) is 17.1 Å². The molecule has 1 amide bonds. The van der Waals surface area contributed by atoms with Crippen LogP contribution in [0.4, 0.5) is 11.4 Å². The van der Waals surface area contributed by atoms with Crippen LogP contribution in [0, 0.1) is 6.92 Å². The number of aryl methyl sites for hydroxylation is 1. The Labute approximate surface area is 115 Å². The first-order chi connectivity index (χ1) is 9.45. The minimum atomic E-state index is -1.01. The zero-order valence-electron chi connectivity index (χ0n) is 10.8. The number of nitrogens with two attached hydrogens (primary N) is 1. The summed E-state index contributed by atoms with van der Waals surface area (Å²) in [5.41, 5.74) is 7.84. The van der Waals surface area contributed by atoms with Gasteiger partial charge in [-0.1, -0.05) is 11.6 Å². The van der Waals surface area contributed by atoms with Crippen LogP contribution in [0.3, 0.4) is 0 Å². The summed E-state index contributed by atoms with van der Waals surface area (Å²) in [6.45, 7) is 1.60. The number of nitrogen functional groups attached to an aromatic ring is 1. The van der Waals surface area contributed by atoms with E-state index in [0.29, 0.717) is 16.9 Å². The highest BCUT2D eigenvalue weighted by atomic mass is 16.4. The highest BCUT2D eigenvalue weighted by molar-refractivity contribution is 6.07. The molecule has 0 unspecified atom stereocenters. The second-order valence-corrected chi connectivity index (χ2v) is 4.37. The van der Waals surface area contributed by atoms with Crippen LogP contribution < -0.4 is 11.1 Å². The van der Waals surface area contributed by atoms with Crippen molar-refractivity contribution in [1.29, 1.82) is 0 Å². The molecule has 0 aliphatic carbocycles. The van der Waals surface area contributed by atoms with Crippen LogP contribution in [0.25, 0.3) is 0 Å². The number of hydrogen-bond donors (Lipinski definition) is 3. The molecule has 4 N–H and O–H groups in total. The monoisotopic (exact) mass is 274 g/mol. The maximum Gasteiger partial charge on any atom is 0.325 e. The molecule has 7 heteroatoms. The Morgan fingerprint density at radius 2 is 2.20 bits per heavy atom. The maximum atomic E-state index is 12.1. The number of carboxylic acid groups (broad SMARTS) is 1. The van der Waals surface area contributed by atoms with Crippen molar-refractivity contribution in [2.24, 2.45) is 0 Å². The molecule has 1 aromatic carbocycles. The third-order valence-electron chi connectivity index (χ3n) is 2.64. The van der Waals surface area contributed by atoms with Crippen molar-refractivity contribution >= 4 is 23.3 Å². The number of aliphatic carboxylic acids is 1. The molecule has 0 fully saturated rings. The standard InChI is InChI=1S/C13H14N4O3/c1-8-2-3-11(14)10(4-8)13(20)16-9-5-15-17(6-9)7-12(18)19/h2-6H,7,14H2,1H3,(H,16,20)(H,18,19). The fourth-order valence-electron chi connectivity index (χ4n) is 1.72. The summed E-state index contributed by atoms with van der Waals surface area (Å²) in [5, 5.41) is 15.1. The Balaban J connectivity index is 2.13. The van der Waals surface area contributed by atoms with Gasteiger partial charge in [-0.2, -0.15) is 5.10 Å². The van der Waals surface area contributed by atoms with E-state index in [4.69, 9.17) is 10.8 Å². The number of carbonyl (C=O) groups excluding carboxylic acids is 1.